The van der Waals surface area contributed by atoms with Gasteiger partial charge in [-0.25, -0.2) is 0 Å². The van der Waals surface area contributed by atoms with Crippen molar-refractivity contribution in [2.24, 2.45) is 5.92 Å². The van der Waals surface area contributed by atoms with Gasteiger partial charge in [-0.05, 0) is 20.3 Å². The van der Waals surface area contributed by atoms with Crippen LogP contribution in [0.2, 0.25) is 0 Å². The van der Waals surface area contributed by atoms with Crippen LogP contribution in [0.5, 0.6) is 0 Å². The van der Waals surface area contributed by atoms with E-state index in [4.69, 9.17) is 9.47 Å². The highest BCUT2D eigenvalue weighted by Gasteiger charge is 2.28. The van der Waals surface area contributed by atoms with Crippen molar-refractivity contribution < 1.29 is 19.1 Å². The third-order valence-electron chi connectivity index (χ3n) is 1.99. The minimum atomic E-state index is -0.746. The Morgan fingerprint density at radius 3 is 1.75 bits per heavy atom. The molecule has 0 saturated carbocycles. The monoisotopic (exact) mass is 233 g/mol. The van der Waals surface area contributed by atoms with Crippen LogP contribution in [0, 0.1) is 5.92 Å². The van der Waals surface area contributed by atoms with Crippen molar-refractivity contribution in [2.75, 3.05) is 13.2 Å². The van der Waals surface area contributed by atoms with Gasteiger partial charge in [-0.1, -0.05) is 19.8 Å². The first kappa shape index (κ1) is 17.3. The largest absolute Gasteiger partial charge is 0.465 e. The molecule has 5 nitrogen and oxygen atoms in total. The number of rotatable bonds is 7. The molecule has 0 spiro atoms. The fraction of sp³-hybridized carbons (Fsp3) is 0.818. The predicted molar refractivity (Wildman–Crippen MR) is 61.3 cm³/mol. The summed E-state index contributed by atoms with van der Waals surface area (Å²) < 4.78 is 9.66. The second kappa shape index (κ2) is 10.4. The molecule has 0 aromatic carbocycles. The van der Waals surface area contributed by atoms with E-state index in [1.165, 1.54) is 0 Å². The molecule has 0 rings (SSSR count). The van der Waals surface area contributed by atoms with Gasteiger partial charge in [0.05, 0.1) is 13.2 Å². The van der Waals surface area contributed by atoms with Crippen LogP contribution in [0.15, 0.2) is 0 Å². The molecule has 0 aromatic rings. The molecule has 0 aromatic heterocycles. The summed E-state index contributed by atoms with van der Waals surface area (Å²) >= 11 is 0. The van der Waals surface area contributed by atoms with E-state index in [-0.39, 0.29) is 6.15 Å². The summed E-state index contributed by atoms with van der Waals surface area (Å²) in [6, 6.07) is 0. The van der Waals surface area contributed by atoms with Crippen LogP contribution in [-0.2, 0) is 19.1 Å². The molecule has 0 amide bonds. The first-order valence-electron chi connectivity index (χ1n) is 5.50. The fourth-order valence-electron chi connectivity index (χ4n) is 1.23. The summed E-state index contributed by atoms with van der Waals surface area (Å²) in [5.41, 5.74) is 0. The van der Waals surface area contributed by atoms with Gasteiger partial charge >= 0.3 is 11.9 Å². The van der Waals surface area contributed by atoms with E-state index < -0.39 is 17.9 Å². The lowest BCUT2D eigenvalue weighted by Gasteiger charge is -2.13. The molecule has 0 aliphatic carbocycles. The fourth-order valence-corrected chi connectivity index (χ4v) is 1.23. The Morgan fingerprint density at radius 1 is 1.00 bits per heavy atom. The molecule has 5 heteroatoms. The van der Waals surface area contributed by atoms with E-state index in [2.05, 4.69) is 0 Å². The van der Waals surface area contributed by atoms with E-state index in [0.29, 0.717) is 19.6 Å². The number of ether oxygens (including phenoxy) is 2. The smallest absolute Gasteiger partial charge is 0.320 e. The highest BCUT2D eigenvalue weighted by molar-refractivity contribution is 5.94. The summed E-state index contributed by atoms with van der Waals surface area (Å²) in [6.45, 7) is 6.04. The maximum atomic E-state index is 11.4. The van der Waals surface area contributed by atoms with Crippen molar-refractivity contribution >= 4 is 11.9 Å². The van der Waals surface area contributed by atoms with Gasteiger partial charge in [-0.3, -0.25) is 9.59 Å². The van der Waals surface area contributed by atoms with Crippen molar-refractivity contribution in [3.05, 3.63) is 0 Å². The van der Waals surface area contributed by atoms with Crippen molar-refractivity contribution in [3.8, 4) is 0 Å². The zero-order valence-corrected chi connectivity index (χ0v) is 10.5. The molecular formula is C11H23NO4. The van der Waals surface area contributed by atoms with Crippen LogP contribution in [0.1, 0.15) is 40.0 Å². The predicted octanol–water partition coefficient (Wildman–Crippen LogP) is 2.08. The van der Waals surface area contributed by atoms with Gasteiger partial charge in [0.25, 0.3) is 0 Å². The van der Waals surface area contributed by atoms with Gasteiger partial charge in [-0.15, -0.1) is 0 Å². The minimum absolute atomic E-state index is 0. The highest BCUT2D eigenvalue weighted by Crippen LogP contribution is 2.12. The maximum Gasteiger partial charge on any atom is 0.320 e. The normalized spacial score (nSPS) is 9.50. The molecule has 96 valence electrons. The van der Waals surface area contributed by atoms with E-state index in [0.717, 1.165) is 12.8 Å². The van der Waals surface area contributed by atoms with Crippen LogP contribution < -0.4 is 6.15 Å². The molecule has 0 saturated heterocycles. The molecule has 0 heterocycles. The lowest BCUT2D eigenvalue weighted by Crippen LogP contribution is -2.28. The average Bonchev–Trinajstić information content (AvgIpc) is 2.19. The summed E-state index contributed by atoms with van der Waals surface area (Å²) in [4.78, 5) is 22.9. The SMILES string of the molecule is CCCCC(C(=O)OCC)C(=O)OCC.N. The van der Waals surface area contributed by atoms with Crippen LogP contribution in [0.3, 0.4) is 0 Å². The number of hydrogen-bond acceptors (Lipinski definition) is 5. The quantitative estimate of drug-likeness (QED) is 0.537. The lowest BCUT2D eigenvalue weighted by atomic mass is 10.0. The van der Waals surface area contributed by atoms with E-state index in [1.807, 2.05) is 6.92 Å². The Hall–Kier alpha value is -1.10. The Balaban J connectivity index is 0. The number of carbonyl (C=O) groups excluding carboxylic acids is 2. The molecule has 0 radical (unpaired) electrons. The summed E-state index contributed by atoms with van der Waals surface area (Å²) in [5.74, 6) is -1.68. The van der Waals surface area contributed by atoms with E-state index in [1.54, 1.807) is 13.8 Å². The molecule has 3 N–H and O–H groups in total. The summed E-state index contributed by atoms with van der Waals surface area (Å²) in [7, 11) is 0. The molecule has 16 heavy (non-hydrogen) atoms. The average molecular weight is 233 g/mol. The van der Waals surface area contributed by atoms with Crippen molar-refractivity contribution in [1.29, 1.82) is 0 Å². The summed E-state index contributed by atoms with van der Waals surface area (Å²) in [6.07, 6.45) is 2.27. The number of unbranched alkanes of at least 4 members (excludes halogenated alkanes) is 1. The molecule has 0 aliphatic rings. The third-order valence-corrected chi connectivity index (χ3v) is 1.99. The maximum absolute atomic E-state index is 11.4. The van der Waals surface area contributed by atoms with Gasteiger partial charge in [0, 0.05) is 0 Å². The van der Waals surface area contributed by atoms with Gasteiger partial charge in [0.1, 0.15) is 0 Å². The minimum Gasteiger partial charge on any atom is -0.465 e. The Morgan fingerprint density at radius 2 is 1.44 bits per heavy atom. The van der Waals surface area contributed by atoms with Gasteiger partial charge in [-0.2, -0.15) is 0 Å². The lowest BCUT2D eigenvalue weighted by molar-refractivity contribution is -0.161. The zero-order chi connectivity index (χ0) is 11.7. The Kier molecular flexibility index (Phi) is 11.3. The van der Waals surface area contributed by atoms with Crippen LogP contribution in [-0.4, -0.2) is 25.2 Å². The first-order valence-corrected chi connectivity index (χ1v) is 5.50. The van der Waals surface area contributed by atoms with Crippen LogP contribution in [0.4, 0.5) is 0 Å². The van der Waals surface area contributed by atoms with Crippen LogP contribution >= 0.6 is 0 Å². The third kappa shape index (κ3) is 6.40. The van der Waals surface area contributed by atoms with Crippen molar-refractivity contribution in [3.63, 3.8) is 0 Å². The molecule has 0 unspecified atom stereocenters. The van der Waals surface area contributed by atoms with E-state index >= 15 is 0 Å². The van der Waals surface area contributed by atoms with Gasteiger partial charge in [0.15, 0.2) is 5.92 Å². The first-order chi connectivity index (χ1) is 7.17. The molecule has 0 atom stereocenters. The van der Waals surface area contributed by atoms with E-state index in [9.17, 15) is 9.59 Å². The number of hydrogen-bond donors (Lipinski definition) is 1. The molecule has 0 aliphatic heterocycles. The second-order valence-corrected chi connectivity index (χ2v) is 3.20. The molecule has 0 bridgehead atoms. The molecule has 0 fully saturated rings. The van der Waals surface area contributed by atoms with Crippen molar-refractivity contribution in [2.45, 2.75) is 40.0 Å². The molecular weight excluding hydrogens is 210 g/mol. The zero-order valence-electron chi connectivity index (χ0n) is 10.5. The standard InChI is InChI=1S/C11H20O4.H3N/c1-4-7-8-9(10(12)14-5-2)11(13)15-6-3;/h9H,4-8H2,1-3H3;1H3. The Labute approximate surface area is 97.1 Å². The second-order valence-electron chi connectivity index (χ2n) is 3.20. The van der Waals surface area contributed by atoms with Gasteiger partial charge in [0.2, 0.25) is 0 Å². The van der Waals surface area contributed by atoms with Crippen molar-refractivity contribution in [1.82, 2.24) is 6.15 Å². The number of esters is 2. The Bertz CT molecular complexity index is 188. The number of carbonyl (C=O) groups is 2. The summed E-state index contributed by atoms with van der Waals surface area (Å²) in [5, 5.41) is 0. The van der Waals surface area contributed by atoms with Crippen LogP contribution in [0.25, 0.3) is 0 Å². The highest BCUT2D eigenvalue weighted by atomic mass is 16.6. The topological polar surface area (TPSA) is 87.6 Å². The van der Waals surface area contributed by atoms with Gasteiger partial charge < -0.3 is 15.6 Å².